The van der Waals surface area contributed by atoms with E-state index in [-0.39, 0.29) is 5.91 Å². The third-order valence-corrected chi connectivity index (χ3v) is 3.39. The highest BCUT2D eigenvalue weighted by Gasteiger charge is 2.33. The third kappa shape index (κ3) is 2.88. The number of nitrogens with zero attached hydrogens (tertiary/aromatic N) is 4. The van der Waals surface area contributed by atoms with Crippen molar-refractivity contribution in [3.05, 3.63) is 40.8 Å². The number of ether oxygens (including phenoxy) is 1. The van der Waals surface area contributed by atoms with Gasteiger partial charge in [0.25, 0.3) is 11.8 Å². The molecule has 0 aromatic carbocycles. The number of morpholine rings is 1. The van der Waals surface area contributed by atoms with E-state index in [1.807, 2.05) is 0 Å². The van der Waals surface area contributed by atoms with Crippen molar-refractivity contribution >= 4 is 17.5 Å². The van der Waals surface area contributed by atoms with Crippen LogP contribution in [0.2, 0.25) is 5.02 Å². The van der Waals surface area contributed by atoms with Gasteiger partial charge >= 0.3 is 0 Å². The molecule has 3 heterocycles. The molecular weight excluding hydrogens is 296 g/mol. The summed E-state index contributed by atoms with van der Waals surface area (Å²) >= 11 is 5.79. The van der Waals surface area contributed by atoms with Crippen LogP contribution in [0.15, 0.2) is 22.9 Å². The molecule has 1 atom stereocenters. The molecule has 0 spiro atoms. The van der Waals surface area contributed by atoms with Gasteiger partial charge in [0, 0.05) is 12.7 Å². The lowest BCUT2D eigenvalue weighted by Crippen LogP contribution is -2.43. The van der Waals surface area contributed by atoms with Crippen LogP contribution in [0.1, 0.15) is 28.2 Å². The van der Waals surface area contributed by atoms with E-state index in [1.165, 1.54) is 6.20 Å². The lowest BCUT2D eigenvalue weighted by Gasteiger charge is -2.33. The maximum atomic E-state index is 12.6. The Bertz CT molecular complexity index is 643. The quantitative estimate of drug-likeness (QED) is 0.839. The van der Waals surface area contributed by atoms with Crippen LogP contribution < -0.4 is 0 Å². The van der Waals surface area contributed by atoms with Crippen LogP contribution >= 0.6 is 11.6 Å². The standard InChI is InChI=1S/C13H13ClN4O3/c1-8-16-12(21-17-8)11-7-20-5-4-18(11)13(19)10-3-2-9(14)6-15-10/h2-3,6,11H,4-5,7H2,1H3/t11-/m0/s1. The maximum Gasteiger partial charge on any atom is 0.273 e. The van der Waals surface area contributed by atoms with Gasteiger partial charge in [0.05, 0.1) is 18.2 Å². The van der Waals surface area contributed by atoms with Gasteiger partial charge < -0.3 is 14.2 Å². The van der Waals surface area contributed by atoms with Crippen molar-refractivity contribution in [1.29, 1.82) is 0 Å². The first-order chi connectivity index (χ1) is 10.1. The maximum absolute atomic E-state index is 12.6. The van der Waals surface area contributed by atoms with E-state index in [1.54, 1.807) is 24.0 Å². The molecule has 1 aliphatic heterocycles. The molecule has 0 radical (unpaired) electrons. The molecule has 8 heteroatoms. The second-order valence-electron chi connectivity index (χ2n) is 4.63. The van der Waals surface area contributed by atoms with Crippen molar-refractivity contribution < 1.29 is 14.1 Å². The number of hydrogen-bond acceptors (Lipinski definition) is 6. The fraction of sp³-hybridized carbons (Fsp3) is 0.385. The molecule has 3 rings (SSSR count). The highest BCUT2D eigenvalue weighted by Crippen LogP contribution is 2.24. The Balaban J connectivity index is 1.87. The molecule has 21 heavy (non-hydrogen) atoms. The summed E-state index contributed by atoms with van der Waals surface area (Å²) in [6.45, 7) is 2.95. The fourth-order valence-corrected chi connectivity index (χ4v) is 2.26. The average molecular weight is 309 g/mol. The molecule has 0 saturated carbocycles. The molecule has 0 N–H and O–H groups in total. The third-order valence-electron chi connectivity index (χ3n) is 3.16. The van der Waals surface area contributed by atoms with E-state index >= 15 is 0 Å². The van der Waals surface area contributed by atoms with E-state index < -0.39 is 6.04 Å². The van der Waals surface area contributed by atoms with Crippen molar-refractivity contribution in [3.63, 3.8) is 0 Å². The Morgan fingerprint density at radius 1 is 1.48 bits per heavy atom. The van der Waals surface area contributed by atoms with E-state index in [2.05, 4.69) is 15.1 Å². The first-order valence-electron chi connectivity index (χ1n) is 6.45. The van der Waals surface area contributed by atoms with Gasteiger partial charge in [-0.2, -0.15) is 4.98 Å². The van der Waals surface area contributed by atoms with Crippen molar-refractivity contribution in [2.75, 3.05) is 19.8 Å². The number of hydrogen-bond donors (Lipinski definition) is 0. The molecule has 7 nitrogen and oxygen atoms in total. The van der Waals surface area contributed by atoms with E-state index in [0.29, 0.717) is 42.2 Å². The number of aryl methyl sites for hydroxylation is 1. The number of carbonyl (C=O) groups excluding carboxylic acids is 1. The van der Waals surface area contributed by atoms with Crippen LogP contribution in [0.25, 0.3) is 0 Å². The van der Waals surface area contributed by atoms with Crippen molar-refractivity contribution in [2.45, 2.75) is 13.0 Å². The Morgan fingerprint density at radius 2 is 2.33 bits per heavy atom. The topological polar surface area (TPSA) is 81.4 Å². The van der Waals surface area contributed by atoms with Crippen LogP contribution in [0, 0.1) is 6.92 Å². The summed E-state index contributed by atoms with van der Waals surface area (Å²) in [6, 6.07) is 2.83. The van der Waals surface area contributed by atoms with Crippen molar-refractivity contribution in [1.82, 2.24) is 20.0 Å². The van der Waals surface area contributed by atoms with Crippen LogP contribution in [0.4, 0.5) is 0 Å². The molecule has 1 amide bonds. The monoisotopic (exact) mass is 308 g/mol. The van der Waals surface area contributed by atoms with E-state index in [4.69, 9.17) is 20.9 Å². The van der Waals surface area contributed by atoms with Crippen molar-refractivity contribution in [3.8, 4) is 0 Å². The molecule has 2 aromatic heterocycles. The predicted octanol–water partition coefficient (Wildman–Crippen LogP) is 1.64. The van der Waals surface area contributed by atoms with Crippen molar-refractivity contribution in [2.24, 2.45) is 0 Å². The largest absolute Gasteiger partial charge is 0.377 e. The van der Waals surface area contributed by atoms with Gasteiger partial charge in [-0.15, -0.1) is 0 Å². The van der Waals surface area contributed by atoms with Gasteiger partial charge in [-0.3, -0.25) is 4.79 Å². The second-order valence-corrected chi connectivity index (χ2v) is 5.07. The average Bonchev–Trinajstić information content (AvgIpc) is 2.94. The molecule has 2 aromatic rings. The Kier molecular flexibility index (Phi) is 3.85. The number of amides is 1. The van der Waals surface area contributed by atoms with Crippen LogP contribution in [0.3, 0.4) is 0 Å². The number of aromatic nitrogens is 3. The highest BCUT2D eigenvalue weighted by molar-refractivity contribution is 6.30. The van der Waals surface area contributed by atoms with Gasteiger partial charge in [0.1, 0.15) is 11.7 Å². The number of pyridine rings is 1. The summed E-state index contributed by atoms with van der Waals surface area (Å²) in [7, 11) is 0. The van der Waals surface area contributed by atoms with Crippen LogP contribution in [0.5, 0.6) is 0 Å². The summed E-state index contributed by atoms with van der Waals surface area (Å²) in [4.78, 5) is 22.4. The molecule has 1 saturated heterocycles. The first kappa shape index (κ1) is 14.0. The minimum Gasteiger partial charge on any atom is -0.377 e. The molecule has 1 aliphatic rings. The summed E-state index contributed by atoms with van der Waals surface area (Å²) in [6.07, 6.45) is 1.45. The number of rotatable bonds is 2. The fourth-order valence-electron chi connectivity index (χ4n) is 2.15. The van der Waals surface area contributed by atoms with Gasteiger partial charge in [-0.25, -0.2) is 4.98 Å². The van der Waals surface area contributed by atoms with Gasteiger partial charge in [-0.1, -0.05) is 16.8 Å². The van der Waals surface area contributed by atoms with Crippen LogP contribution in [-0.4, -0.2) is 45.7 Å². The smallest absolute Gasteiger partial charge is 0.273 e. The minimum atomic E-state index is -0.398. The van der Waals surface area contributed by atoms with E-state index in [0.717, 1.165) is 0 Å². The molecule has 0 unspecified atom stereocenters. The van der Waals surface area contributed by atoms with Gasteiger partial charge in [0.2, 0.25) is 0 Å². The Hall–Kier alpha value is -1.99. The molecule has 0 aliphatic carbocycles. The van der Waals surface area contributed by atoms with E-state index in [9.17, 15) is 4.79 Å². The number of halogens is 1. The summed E-state index contributed by atoms with van der Waals surface area (Å²) in [5.74, 6) is 0.679. The first-order valence-corrected chi connectivity index (χ1v) is 6.83. The second kappa shape index (κ2) is 5.79. The SMILES string of the molecule is Cc1noc([C@@H]2COCCN2C(=O)c2ccc(Cl)cn2)n1. The van der Waals surface area contributed by atoms with Gasteiger partial charge in [0.15, 0.2) is 5.82 Å². The molecule has 1 fully saturated rings. The van der Waals surface area contributed by atoms with Gasteiger partial charge in [-0.05, 0) is 19.1 Å². The Morgan fingerprint density at radius 3 is 3.00 bits per heavy atom. The zero-order valence-electron chi connectivity index (χ0n) is 11.3. The molecule has 110 valence electrons. The molecule has 0 bridgehead atoms. The lowest BCUT2D eigenvalue weighted by atomic mass is 10.2. The summed E-state index contributed by atoms with van der Waals surface area (Å²) in [5.41, 5.74) is 0.322. The normalized spacial score (nSPS) is 18.8. The summed E-state index contributed by atoms with van der Waals surface area (Å²) < 4.78 is 10.6. The van der Waals surface area contributed by atoms with Crippen LogP contribution in [-0.2, 0) is 4.74 Å². The zero-order valence-corrected chi connectivity index (χ0v) is 12.1. The minimum absolute atomic E-state index is 0.212. The zero-order chi connectivity index (χ0) is 14.8. The number of carbonyl (C=O) groups is 1. The Labute approximate surface area is 125 Å². The lowest BCUT2D eigenvalue weighted by molar-refractivity contribution is -0.0122. The summed E-state index contributed by atoms with van der Waals surface area (Å²) in [5, 5.41) is 4.24. The highest BCUT2D eigenvalue weighted by atomic mass is 35.5. The molecular formula is C13H13ClN4O3. The predicted molar refractivity (Wildman–Crippen MR) is 72.9 cm³/mol.